The van der Waals surface area contributed by atoms with Gasteiger partial charge in [-0.2, -0.15) is 0 Å². The second-order valence-electron chi connectivity index (χ2n) is 4.16. The van der Waals surface area contributed by atoms with E-state index in [2.05, 4.69) is 20.5 Å². The maximum absolute atomic E-state index is 11.6. The van der Waals surface area contributed by atoms with Crippen molar-refractivity contribution in [3.8, 4) is 0 Å². The lowest BCUT2D eigenvalue weighted by Gasteiger charge is -2.09. The number of carbonyl (C=O) groups is 1. The molecule has 0 bridgehead atoms. The molecule has 0 aromatic carbocycles. The van der Waals surface area contributed by atoms with Gasteiger partial charge in [-0.05, 0) is 12.1 Å². The minimum Gasteiger partial charge on any atom is -0.368 e. The lowest BCUT2D eigenvalue weighted by Crippen LogP contribution is -2.23. The predicted molar refractivity (Wildman–Crippen MR) is 74.4 cm³/mol. The van der Waals surface area contributed by atoms with Gasteiger partial charge in [-0.25, -0.2) is 4.98 Å². The van der Waals surface area contributed by atoms with Crippen molar-refractivity contribution >= 4 is 23.1 Å². The van der Waals surface area contributed by atoms with E-state index >= 15 is 0 Å². The fourth-order valence-corrected chi connectivity index (χ4v) is 2.04. The number of aromatic nitrogens is 3. The van der Waals surface area contributed by atoms with Crippen LogP contribution in [0.15, 0.2) is 23.0 Å². The van der Waals surface area contributed by atoms with Gasteiger partial charge >= 0.3 is 0 Å². The summed E-state index contributed by atoms with van der Waals surface area (Å²) in [5.41, 5.74) is 3.22. The van der Waals surface area contributed by atoms with E-state index in [1.165, 1.54) is 4.90 Å². The Hall–Kier alpha value is -2.02. The summed E-state index contributed by atoms with van der Waals surface area (Å²) in [5, 5.41) is 13.0. The molecular weight excluding hydrogens is 262 g/mol. The van der Waals surface area contributed by atoms with E-state index in [1.54, 1.807) is 37.6 Å². The molecule has 0 saturated carbocycles. The number of nitrogens with one attached hydrogen (secondary N) is 1. The van der Waals surface area contributed by atoms with E-state index in [9.17, 15) is 4.79 Å². The highest BCUT2D eigenvalue weighted by atomic mass is 32.1. The Morgan fingerprint density at radius 1 is 1.37 bits per heavy atom. The number of rotatable bonds is 5. The van der Waals surface area contributed by atoms with Gasteiger partial charge < -0.3 is 10.2 Å². The quantitative estimate of drug-likeness (QED) is 0.891. The molecule has 1 amide bonds. The monoisotopic (exact) mass is 277 g/mol. The van der Waals surface area contributed by atoms with E-state index in [4.69, 9.17) is 0 Å². The molecule has 7 heteroatoms. The largest absolute Gasteiger partial charge is 0.368 e. The highest BCUT2D eigenvalue weighted by Gasteiger charge is 2.09. The molecule has 100 valence electrons. The van der Waals surface area contributed by atoms with Crippen LogP contribution in [0.25, 0.3) is 0 Å². The first-order valence-corrected chi connectivity index (χ1v) is 6.77. The van der Waals surface area contributed by atoms with Gasteiger partial charge in [-0.3, -0.25) is 4.79 Å². The van der Waals surface area contributed by atoms with Crippen LogP contribution < -0.4 is 5.32 Å². The third-order valence-electron chi connectivity index (χ3n) is 2.46. The predicted octanol–water partition coefficient (Wildman–Crippen LogP) is 1.29. The summed E-state index contributed by atoms with van der Waals surface area (Å²) < 4.78 is 0. The molecule has 2 aromatic heterocycles. The Kier molecular flexibility index (Phi) is 4.40. The molecule has 0 aliphatic rings. The standard InChI is InChI=1S/C12H15N5OS/c1-17(2)12(18)10-3-4-11(16-15-10)13-6-5-9-7-19-8-14-9/h3-4,7-8H,5-6H2,1-2H3,(H,13,16). The van der Waals surface area contributed by atoms with Crippen LogP contribution in [0.2, 0.25) is 0 Å². The maximum atomic E-state index is 11.6. The lowest BCUT2D eigenvalue weighted by atomic mass is 10.3. The van der Waals surface area contributed by atoms with Crippen molar-refractivity contribution in [2.24, 2.45) is 0 Å². The van der Waals surface area contributed by atoms with E-state index in [1.807, 2.05) is 10.9 Å². The Balaban J connectivity index is 1.86. The minimum atomic E-state index is -0.151. The van der Waals surface area contributed by atoms with Crippen LogP contribution in [0.4, 0.5) is 5.82 Å². The summed E-state index contributed by atoms with van der Waals surface area (Å²) >= 11 is 1.58. The van der Waals surface area contributed by atoms with Gasteiger partial charge in [0.25, 0.3) is 5.91 Å². The summed E-state index contributed by atoms with van der Waals surface area (Å²) in [7, 11) is 3.37. The highest BCUT2D eigenvalue weighted by molar-refractivity contribution is 7.07. The minimum absolute atomic E-state index is 0.151. The molecule has 2 rings (SSSR count). The van der Waals surface area contributed by atoms with Gasteiger partial charge in [0.05, 0.1) is 11.2 Å². The average Bonchev–Trinajstić information content (AvgIpc) is 2.92. The third-order valence-corrected chi connectivity index (χ3v) is 3.10. The average molecular weight is 277 g/mol. The van der Waals surface area contributed by atoms with Gasteiger partial charge in [-0.15, -0.1) is 21.5 Å². The van der Waals surface area contributed by atoms with Crippen molar-refractivity contribution in [1.29, 1.82) is 0 Å². The second kappa shape index (κ2) is 6.24. The van der Waals surface area contributed by atoms with Crippen LogP contribution in [0.5, 0.6) is 0 Å². The zero-order valence-corrected chi connectivity index (χ0v) is 11.6. The molecule has 0 unspecified atom stereocenters. The number of anilines is 1. The van der Waals surface area contributed by atoms with E-state index in [-0.39, 0.29) is 5.91 Å². The zero-order valence-electron chi connectivity index (χ0n) is 10.8. The molecular formula is C12H15N5OS. The molecule has 0 saturated heterocycles. The lowest BCUT2D eigenvalue weighted by molar-refractivity contribution is 0.0821. The van der Waals surface area contributed by atoms with Crippen LogP contribution in [0, 0.1) is 0 Å². The van der Waals surface area contributed by atoms with Gasteiger partial charge in [-0.1, -0.05) is 0 Å². The van der Waals surface area contributed by atoms with Crippen LogP contribution in [0.1, 0.15) is 16.2 Å². The molecule has 1 N–H and O–H groups in total. The van der Waals surface area contributed by atoms with Crippen molar-refractivity contribution in [3.63, 3.8) is 0 Å². The number of carbonyl (C=O) groups excluding carboxylic acids is 1. The normalized spacial score (nSPS) is 10.2. The van der Waals surface area contributed by atoms with Crippen molar-refractivity contribution in [2.45, 2.75) is 6.42 Å². The molecule has 0 aliphatic heterocycles. The fourth-order valence-electron chi connectivity index (χ4n) is 1.45. The first kappa shape index (κ1) is 13.4. The summed E-state index contributed by atoms with van der Waals surface area (Å²) in [4.78, 5) is 17.3. The van der Waals surface area contributed by atoms with Crippen molar-refractivity contribution in [3.05, 3.63) is 34.4 Å². The molecule has 0 fully saturated rings. The Morgan fingerprint density at radius 2 is 2.21 bits per heavy atom. The molecule has 6 nitrogen and oxygen atoms in total. The molecule has 19 heavy (non-hydrogen) atoms. The number of amides is 1. The van der Waals surface area contributed by atoms with E-state index in [0.29, 0.717) is 11.5 Å². The summed E-state index contributed by atoms with van der Waals surface area (Å²) in [6.45, 7) is 0.736. The molecule has 0 atom stereocenters. The summed E-state index contributed by atoms with van der Waals surface area (Å²) in [6, 6.07) is 3.42. The number of hydrogen-bond acceptors (Lipinski definition) is 6. The van der Waals surface area contributed by atoms with Crippen LogP contribution >= 0.6 is 11.3 Å². The first-order chi connectivity index (χ1) is 9.16. The van der Waals surface area contributed by atoms with Gasteiger partial charge in [0, 0.05) is 32.4 Å². The summed E-state index contributed by atoms with van der Waals surface area (Å²) in [5.74, 6) is 0.507. The third kappa shape index (κ3) is 3.72. The Bertz CT molecular complexity index is 524. The first-order valence-electron chi connectivity index (χ1n) is 5.83. The molecule has 0 aliphatic carbocycles. The second-order valence-corrected chi connectivity index (χ2v) is 4.88. The SMILES string of the molecule is CN(C)C(=O)c1ccc(NCCc2cscn2)nn1. The highest BCUT2D eigenvalue weighted by Crippen LogP contribution is 2.05. The van der Waals surface area contributed by atoms with Gasteiger partial charge in [0.1, 0.15) is 5.82 Å². The topological polar surface area (TPSA) is 71.0 Å². The smallest absolute Gasteiger partial charge is 0.273 e. The molecule has 0 radical (unpaired) electrons. The van der Waals surface area contributed by atoms with Crippen LogP contribution in [-0.2, 0) is 6.42 Å². The Labute approximate surface area is 115 Å². The molecule has 2 aromatic rings. The Morgan fingerprint density at radius 3 is 2.79 bits per heavy atom. The van der Waals surface area contributed by atoms with Crippen LogP contribution in [-0.4, -0.2) is 46.6 Å². The van der Waals surface area contributed by atoms with Gasteiger partial charge in [0.15, 0.2) is 5.69 Å². The van der Waals surface area contributed by atoms with Crippen molar-refractivity contribution in [1.82, 2.24) is 20.1 Å². The van der Waals surface area contributed by atoms with E-state index < -0.39 is 0 Å². The van der Waals surface area contributed by atoms with Crippen LogP contribution in [0.3, 0.4) is 0 Å². The summed E-state index contributed by atoms with van der Waals surface area (Å²) in [6.07, 6.45) is 0.837. The molecule has 2 heterocycles. The number of thiazole rings is 1. The maximum Gasteiger partial charge on any atom is 0.273 e. The van der Waals surface area contributed by atoms with Gasteiger partial charge in [0.2, 0.25) is 0 Å². The molecule has 0 spiro atoms. The number of nitrogens with zero attached hydrogens (tertiary/aromatic N) is 4. The van der Waals surface area contributed by atoms with E-state index in [0.717, 1.165) is 18.7 Å². The van der Waals surface area contributed by atoms with Crippen molar-refractivity contribution < 1.29 is 4.79 Å². The zero-order chi connectivity index (χ0) is 13.7. The number of hydrogen-bond donors (Lipinski definition) is 1. The van der Waals surface area contributed by atoms with Crippen molar-refractivity contribution in [2.75, 3.05) is 26.0 Å². The fraction of sp³-hybridized carbons (Fsp3) is 0.333.